The number of hydrogen-bond acceptors (Lipinski definition) is 3. The Kier molecular flexibility index (Phi) is 3.97. The van der Waals surface area contributed by atoms with Crippen LogP contribution < -0.4 is 4.74 Å². The molecule has 0 saturated heterocycles. The van der Waals surface area contributed by atoms with Crippen molar-refractivity contribution < 1.29 is 9.84 Å². The van der Waals surface area contributed by atoms with Crippen LogP contribution in [0.15, 0.2) is 6.20 Å². The van der Waals surface area contributed by atoms with Crippen LogP contribution in [-0.4, -0.2) is 22.0 Å². The number of nitrogens with zero attached hydrogens (tertiary/aromatic N) is 2. The highest BCUT2D eigenvalue weighted by Crippen LogP contribution is 2.38. The standard InChI is InChI=1S/C12H22N2O2/c1-6-12(15,9(3)4)11-10(16-5)8-13-14(11)7-2/h8-9,15H,6-7H2,1-5H3. The van der Waals surface area contributed by atoms with Gasteiger partial charge in [-0.05, 0) is 19.3 Å². The van der Waals surface area contributed by atoms with Crippen molar-refractivity contribution >= 4 is 0 Å². The van der Waals surface area contributed by atoms with E-state index >= 15 is 0 Å². The van der Waals surface area contributed by atoms with Gasteiger partial charge in [-0.3, -0.25) is 4.68 Å². The quantitative estimate of drug-likeness (QED) is 0.837. The van der Waals surface area contributed by atoms with Gasteiger partial charge in [0.1, 0.15) is 11.3 Å². The van der Waals surface area contributed by atoms with Crippen LogP contribution in [-0.2, 0) is 12.1 Å². The molecule has 0 aliphatic heterocycles. The van der Waals surface area contributed by atoms with Crippen molar-refractivity contribution in [3.05, 3.63) is 11.9 Å². The van der Waals surface area contributed by atoms with E-state index in [4.69, 9.17) is 4.74 Å². The highest BCUT2D eigenvalue weighted by Gasteiger charge is 2.37. The number of methoxy groups -OCH3 is 1. The summed E-state index contributed by atoms with van der Waals surface area (Å²) in [6, 6.07) is 0. The lowest BCUT2D eigenvalue weighted by molar-refractivity contribution is -0.0238. The normalized spacial score (nSPS) is 15.2. The third-order valence-corrected chi connectivity index (χ3v) is 3.23. The van der Waals surface area contributed by atoms with Crippen LogP contribution in [0, 0.1) is 5.92 Å². The zero-order valence-electron chi connectivity index (χ0n) is 10.8. The zero-order chi connectivity index (χ0) is 12.3. The molecule has 92 valence electrons. The Bertz CT molecular complexity index is 325. The molecule has 0 aromatic carbocycles. The van der Waals surface area contributed by atoms with Crippen molar-refractivity contribution in [3.63, 3.8) is 0 Å². The molecule has 1 atom stereocenters. The SMILES string of the molecule is CCn1ncc(OC)c1C(O)(CC)C(C)C. The van der Waals surface area contributed by atoms with Gasteiger partial charge in [0, 0.05) is 6.54 Å². The number of ether oxygens (including phenoxy) is 1. The van der Waals surface area contributed by atoms with Crippen LogP contribution in [0.4, 0.5) is 0 Å². The number of aryl methyl sites for hydroxylation is 1. The fraction of sp³-hybridized carbons (Fsp3) is 0.750. The average molecular weight is 226 g/mol. The van der Waals surface area contributed by atoms with Crippen molar-refractivity contribution in [3.8, 4) is 5.75 Å². The van der Waals surface area contributed by atoms with Gasteiger partial charge in [-0.1, -0.05) is 20.8 Å². The van der Waals surface area contributed by atoms with E-state index in [-0.39, 0.29) is 5.92 Å². The Morgan fingerprint density at radius 3 is 2.50 bits per heavy atom. The maximum Gasteiger partial charge on any atom is 0.162 e. The topological polar surface area (TPSA) is 47.3 Å². The second kappa shape index (κ2) is 4.87. The van der Waals surface area contributed by atoms with Crippen LogP contribution in [0.1, 0.15) is 39.8 Å². The molecule has 1 heterocycles. The molecule has 1 aromatic heterocycles. The third-order valence-electron chi connectivity index (χ3n) is 3.23. The highest BCUT2D eigenvalue weighted by atomic mass is 16.5. The molecule has 1 aromatic rings. The van der Waals surface area contributed by atoms with Gasteiger partial charge in [-0.25, -0.2) is 0 Å². The number of hydrogen-bond donors (Lipinski definition) is 1. The summed E-state index contributed by atoms with van der Waals surface area (Å²) in [5.41, 5.74) is -0.0901. The Balaban J connectivity index is 3.32. The molecule has 4 nitrogen and oxygen atoms in total. The molecule has 0 bridgehead atoms. The second-order valence-corrected chi connectivity index (χ2v) is 4.31. The van der Waals surface area contributed by atoms with Gasteiger partial charge in [0.25, 0.3) is 0 Å². The van der Waals surface area contributed by atoms with Crippen LogP contribution >= 0.6 is 0 Å². The number of aromatic nitrogens is 2. The minimum absolute atomic E-state index is 0.119. The highest BCUT2D eigenvalue weighted by molar-refractivity contribution is 5.31. The van der Waals surface area contributed by atoms with E-state index in [0.29, 0.717) is 12.2 Å². The first-order chi connectivity index (χ1) is 7.51. The van der Waals surface area contributed by atoms with Crippen molar-refractivity contribution in [1.82, 2.24) is 9.78 Å². The van der Waals surface area contributed by atoms with Gasteiger partial charge in [-0.15, -0.1) is 0 Å². The van der Waals surface area contributed by atoms with E-state index in [1.165, 1.54) is 0 Å². The molecule has 0 radical (unpaired) electrons. The summed E-state index contributed by atoms with van der Waals surface area (Å²) < 4.78 is 7.09. The van der Waals surface area contributed by atoms with Crippen molar-refractivity contribution in [2.24, 2.45) is 5.92 Å². The van der Waals surface area contributed by atoms with Gasteiger partial charge in [-0.2, -0.15) is 5.10 Å². The lowest BCUT2D eigenvalue weighted by Gasteiger charge is -2.32. The molecule has 4 heteroatoms. The van der Waals surface area contributed by atoms with Gasteiger partial charge in [0.05, 0.1) is 13.3 Å². The first kappa shape index (κ1) is 13.0. The van der Waals surface area contributed by atoms with Crippen LogP contribution in [0.25, 0.3) is 0 Å². The molecular formula is C12H22N2O2. The molecule has 0 spiro atoms. The van der Waals surface area contributed by atoms with E-state index in [9.17, 15) is 5.11 Å². The van der Waals surface area contributed by atoms with E-state index in [2.05, 4.69) is 5.10 Å². The molecular weight excluding hydrogens is 204 g/mol. The molecule has 0 aliphatic carbocycles. The minimum Gasteiger partial charge on any atom is -0.493 e. The van der Waals surface area contributed by atoms with Gasteiger partial charge < -0.3 is 9.84 Å². The number of aliphatic hydroxyl groups is 1. The number of rotatable bonds is 5. The summed E-state index contributed by atoms with van der Waals surface area (Å²) in [5.74, 6) is 0.785. The first-order valence-corrected chi connectivity index (χ1v) is 5.83. The second-order valence-electron chi connectivity index (χ2n) is 4.31. The summed E-state index contributed by atoms with van der Waals surface area (Å²) >= 11 is 0. The van der Waals surface area contributed by atoms with E-state index in [0.717, 1.165) is 12.2 Å². The summed E-state index contributed by atoms with van der Waals surface area (Å²) in [6.07, 6.45) is 2.31. The van der Waals surface area contributed by atoms with Gasteiger partial charge >= 0.3 is 0 Å². The maximum absolute atomic E-state index is 10.7. The summed E-state index contributed by atoms with van der Waals surface area (Å²) in [4.78, 5) is 0. The minimum atomic E-state index is -0.877. The molecule has 1 unspecified atom stereocenters. The first-order valence-electron chi connectivity index (χ1n) is 5.83. The maximum atomic E-state index is 10.7. The fourth-order valence-corrected chi connectivity index (χ4v) is 2.04. The zero-order valence-corrected chi connectivity index (χ0v) is 10.8. The lowest BCUT2D eigenvalue weighted by atomic mass is 9.84. The lowest BCUT2D eigenvalue weighted by Crippen LogP contribution is -2.34. The predicted octanol–water partition coefficient (Wildman–Crippen LogP) is 2.17. The van der Waals surface area contributed by atoms with Gasteiger partial charge in [0.2, 0.25) is 0 Å². The Hall–Kier alpha value is -1.03. The van der Waals surface area contributed by atoms with Crippen LogP contribution in [0.3, 0.4) is 0 Å². The Morgan fingerprint density at radius 2 is 2.12 bits per heavy atom. The Labute approximate surface area is 97.2 Å². The van der Waals surface area contributed by atoms with Crippen molar-refractivity contribution in [2.75, 3.05) is 7.11 Å². The predicted molar refractivity (Wildman–Crippen MR) is 63.5 cm³/mol. The monoisotopic (exact) mass is 226 g/mol. The Morgan fingerprint density at radius 1 is 1.50 bits per heavy atom. The molecule has 0 aliphatic rings. The smallest absolute Gasteiger partial charge is 0.162 e. The molecule has 0 amide bonds. The van der Waals surface area contributed by atoms with E-state index in [1.807, 2.05) is 32.4 Å². The molecule has 1 N–H and O–H groups in total. The summed E-state index contributed by atoms with van der Waals surface area (Å²) in [7, 11) is 1.61. The van der Waals surface area contributed by atoms with Crippen LogP contribution in [0.2, 0.25) is 0 Å². The van der Waals surface area contributed by atoms with Crippen molar-refractivity contribution in [2.45, 2.75) is 46.3 Å². The van der Waals surface area contributed by atoms with Crippen molar-refractivity contribution in [1.29, 1.82) is 0 Å². The van der Waals surface area contributed by atoms with E-state index in [1.54, 1.807) is 13.3 Å². The largest absolute Gasteiger partial charge is 0.493 e. The molecule has 0 saturated carbocycles. The molecule has 1 rings (SSSR count). The molecule has 16 heavy (non-hydrogen) atoms. The third kappa shape index (κ3) is 1.94. The summed E-state index contributed by atoms with van der Waals surface area (Å²) in [6.45, 7) is 8.73. The van der Waals surface area contributed by atoms with Gasteiger partial charge in [0.15, 0.2) is 5.75 Å². The van der Waals surface area contributed by atoms with E-state index < -0.39 is 5.60 Å². The molecule has 0 fully saturated rings. The fourth-order valence-electron chi connectivity index (χ4n) is 2.04. The summed E-state index contributed by atoms with van der Waals surface area (Å²) in [5, 5.41) is 15.0. The van der Waals surface area contributed by atoms with Crippen LogP contribution in [0.5, 0.6) is 5.75 Å². The average Bonchev–Trinajstić information content (AvgIpc) is 2.70.